The Hall–Kier alpha value is -2.55. The van der Waals surface area contributed by atoms with Crippen molar-refractivity contribution in [2.75, 3.05) is 0 Å². The van der Waals surface area contributed by atoms with Crippen molar-refractivity contribution in [1.29, 1.82) is 0 Å². The minimum atomic E-state index is 0.0704. The largest absolute Gasteiger partial charge is 0.358 e. The van der Waals surface area contributed by atoms with Gasteiger partial charge in [0.1, 0.15) is 5.82 Å². The molecule has 0 spiro atoms. The van der Waals surface area contributed by atoms with Crippen molar-refractivity contribution in [3.63, 3.8) is 0 Å². The molecule has 2 aromatic carbocycles. The number of fused-ring (bicyclic) bond motifs is 2. The van der Waals surface area contributed by atoms with Gasteiger partial charge in [0.25, 0.3) is 0 Å². The van der Waals surface area contributed by atoms with E-state index in [0.29, 0.717) is 11.8 Å². The maximum absolute atomic E-state index is 4.65. The lowest BCUT2D eigenvalue weighted by atomic mass is 9.87. The number of hydrogen-bond acceptors (Lipinski definition) is 1. The maximum atomic E-state index is 4.65. The van der Waals surface area contributed by atoms with Crippen molar-refractivity contribution in [3.8, 4) is 0 Å². The highest BCUT2D eigenvalue weighted by Crippen LogP contribution is 2.28. The first-order valence-electron chi connectivity index (χ1n) is 11.9. The van der Waals surface area contributed by atoms with Crippen molar-refractivity contribution >= 4 is 21.9 Å². The average Bonchev–Trinajstić information content (AvgIpc) is 3.30. The molecule has 0 atom stereocenters. The first-order chi connectivity index (χ1) is 14.8. The molecule has 2 heterocycles. The normalized spacial score (nSPS) is 12.6. The first-order valence-corrected chi connectivity index (χ1v) is 11.9. The van der Waals surface area contributed by atoms with Crippen LogP contribution in [-0.4, -0.2) is 15.0 Å². The van der Waals surface area contributed by atoms with Gasteiger partial charge in [-0.1, -0.05) is 87.4 Å². The zero-order chi connectivity index (χ0) is 23.8. The highest BCUT2D eigenvalue weighted by atomic mass is 14.9. The summed E-state index contributed by atoms with van der Waals surface area (Å²) in [5.41, 5.74) is 7.79. The molecular weight excluding hydrogens is 390 g/mol. The summed E-state index contributed by atoms with van der Waals surface area (Å²) in [7, 11) is 0. The van der Waals surface area contributed by atoms with Crippen LogP contribution in [0.3, 0.4) is 0 Å². The van der Waals surface area contributed by atoms with E-state index in [1.165, 1.54) is 27.7 Å². The number of benzene rings is 2. The summed E-state index contributed by atoms with van der Waals surface area (Å²) < 4.78 is 0. The van der Waals surface area contributed by atoms with Crippen molar-refractivity contribution in [1.82, 2.24) is 15.0 Å². The number of nitrogens with one attached hydrogen (secondary N) is 2. The van der Waals surface area contributed by atoms with E-state index in [1.54, 1.807) is 0 Å². The second kappa shape index (κ2) is 8.77. The lowest BCUT2D eigenvalue weighted by molar-refractivity contribution is 0.554. The van der Waals surface area contributed by atoms with Gasteiger partial charge in [0.05, 0.1) is 11.0 Å². The summed E-state index contributed by atoms with van der Waals surface area (Å²) in [4.78, 5) is 11.6. The third-order valence-corrected chi connectivity index (χ3v) is 6.01. The number of hydrogen-bond donors (Lipinski definition) is 2. The fourth-order valence-electron chi connectivity index (χ4n) is 3.67. The van der Waals surface area contributed by atoms with E-state index < -0.39 is 0 Å². The van der Waals surface area contributed by atoms with Gasteiger partial charge in [0.2, 0.25) is 0 Å². The Morgan fingerprint density at radius 1 is 0.688 bits per heavy atom. The fraction of sp³-hybridized carbons (Fsp3) is 0.483. The van der Waals surface area contributed by atoms with E-state index in [4.69, 9.17) is 0 Å². The zero-order valence-corrected chi connectivity index (χ0v) is 21.6. The van der Waals surface area contributed by atoms with Gasteiger partial charge >= 0.3 is 0 Å². The predicted octanol–water partition coefficient (Wildman–Crippen LogP) is 8.57. The fourth-order valence-corrected chi connectivity index (χ4v) is 3.67. The number of H-pyrrole nitrogens is 2. The van der Waals surface area contributed by atoms with Gasteiger partial charge in [-0.05, 0) is 58.0 Å². The Morgan fingerprint density at radius 3 is 1.94 bits per heavy atom. The molecule has 0 aliphatic heterocycles. The van der Waals surface area contributed by atoms with Gasteiger partial charge < -0.3 is 9.97 Å². The molecule has 0 fully saturated rings. The second-order valence-corrected chi connectivity index (χ2v) is 11.7. The topological polar surface area (TPSA) is 44.5 Å². The predicted molar refractivity (Wildman–Crippen MR) is 140 cm³/mol. The van der Waals surface area contributed by atoms with E-state index in [0.717, 1.165) is 16.9 Å². The van der Waals surface area contributed by atoms with E-state index >= 15 is 0 Å². The molecule has 172 valence electrons. The molecule has 3 nitrogen and oxygen atoms in total. The Kier molecular flexibility index (Phi) is 6.60. The van der Waals surface area contributed by atoms with Gasteiger partial charge in [-0.2, -0.15) is 0 Å². The molecule has 32 heavy (non-hydrogen) atoms. The van der Waals surface area contributed by atoms with Crippen LogP contribution >= 0.6 is 0 Å². The van der Waals surface area contributed by atoms with Crippen LogP contribution in [0.4, 0.5) is 0 Å². The lowest BCUT2D eigenvalue weighted by Crippen LogP contribution is -2.13. The van der Waals surface area contributed by atoms with Crippen molar-refractivity contribution in [3.05, 3.63) is 65.1 Å². The Morgan fingerprint density at radius 2 is 1.38 bits per heavy atom. The van der Waals surface area contributed by atoms with Gasteiger partial charge in [0.15, 0.2) is 0 Å². The minimum absolute atomic E-state index is 0.0704. The monoisotopic (exact) mass is 431 g/mol. The summed E-state index contributed by atoms with van der Waals surface area (Å²) in [6.07, 6.45) is 0. The van der Waals surface area contributed by atoms with Crippen LogP contribution in [0.15, 0.2) is 42.5 Å². The van der Waals surface area contributed by atoms with Crippen LogP contribution in [0.1, 0.15) is 104 Å². The number of aromatic nitrogens is 3. The van der Waals surface area contributed by atoms with Crippen molar-refractivity contribution in [2.24, 2.45) is 0 Å². The number of imidazole rings is 1. The second-order valence-electron chi connectivity index (χ2n) is 11.7. The van der Waals surface area contributed by atoms with Crippen molar-refractivity contribution in [2.45, 2.75) is 91.9 Å². The highest BCUT2D eigenvalue weighted by molar-refractivity contribution is 5.81. The Balaban J connectivity index is 0.000000182. The van der Waals surface area contributed by atoms with Crippen LogP contribution in [0.2, 0.25) is 0 Å². The molecule has 4 aromatic rings. The third kappa shape index (κ3) is 5.43. The smallest absolute Gasteiger partial charge is 0.112 e. The van der Waals surface area contributed by atoms with Gasteiger partial charge in [-0.25, -0.2) is 4.98 Å². The summed E-state index contributed by atoms with van der Waals surface area (Å²) in [5.74, 6) is 2.22. The van der Waals surface area contributed by atoms with Crippen LogP contribution in [0, 0.1) is 0 Å². The quantitative estimate of drug-likeness (QED) is 0.328. The van der Waals surface area contributed by atoms with Gasteiger partial charge in [-0.3, -0.25) is 0 Å². The molecule has 0 saturated carbocycles. The summed E-state index contributed by atoms with van der Waals surface area (Å²) in [5, 5.41) is 1.32. The van der Waals surface area contributed by atoms with Crippen LogP contribution in [-0.2, 0) is 10.8 Å². The SMILES string of the molecule is CC(C)(C)c1ccc2nc(C(C)(C)C)[nH]c2c1.CC(C)c1ccc2cc(C(C)C)[nH]c2c1. The molecule has 0 aliphatic rings. The van der Waals surface area contributed by atoms with Crippen LogP contribution in [0.5, 0.6) is 0 Å². The molecule has 0 radical (unpaired) electrons. The lowest BCUT2D eigenvalue weighted by Gasteiger charge is -2.18. The van der Waals surface area contributed by atoms with Crippen LogP contribution < -0.4 is 0 Å². The van der Waals surface area contributed by atoms with Crippen molar-refractivity contribution < 1.29 is 0 Å². The minimum Gasteiger partial charge on any atom is -0.358 e. The summed E-state index contributed by atoms with van der Waals surface area (Å²) in [6.45, 7) is 22.1. The highest BCUT2D eigenvalue weighted by Gasteiger charge is 2.19. The molecule has 0 aliphatic carbocycles. The van der Waals surface area contributed by atoms with Gasteiger partial charge in [0, 0.05) is 16.6 Å². The Labute approximate surface area is 194 Å². The molecule has 2 aromatic heterocycles. The summed E-state index contributed by atoms with van der Waals surface area (Å²) >= 11 is 0. The molecule has 4 rings (SSSR count). The number of rotatable bonds is 2. The first kappa shape index (κ1) is 24.1. The number of aromatic amines is 2. The Bertz CT molecular complexity index is 1170. The molecule has 3 heteroatoms. The standard InChI is InChI=1S/C15H22N2.C14H19N/c1-14(2,3)10-7-8-11-12(9-10)17-13(16-11)15(4,5)6;1-9(2)11-5-6-12-8-13(10(3)4)15-14(12)7-11/h7-9H,1-6H3,(H,16,17);5-10,15H,1-4H3. The van der Waals surface area contributed by atoms with E-state index in [1.807, 2.05) is 0 Å². The maximum Gasteiger partial charge on any atom is 0.112 e. The van der Waals surface area contributed by atoms with E-state index in [-0.39, 0.29) is 10.8 Å². The molecule has 0 amide bonds. The number of nitrogens with zero attached hydrogens (tertiary/aromatic N) is 1. The molecule has 0 unspecified atom stereocenters. The van der Waals surface area contributed by atoms with E-state index in [9.17, 15) is 0 Å². The van der Waals surface area contributed by atoms with Crippen LogP contribution in [0.25, 0.3) is 21.9 Å². The zero-order valence-electron chi connectivity index (χ0n) is 21.6. The molecule has 0 saturated heterocycles. The molecule has 0 bridgehead atoms. The molecule has 2 N–H and O–H groups in total. The van der Waals surface area contributed by atoms with Gasteiger partial charge in [-0.15, -0.1) is 0 Å². The molecular formula is C29H41N3. The van der Waals surface area contributed by atoms with E-state index in [2.05, 4.69) is 127 Å². The average molecular weight is 432 g/mol. The summed E-state index contributed by atoms with van der Waals surface area (Å²) in [6, 6.07) is 15.5. The third-order valence-electron chi connectivity index (χ3n) is 6.01.